The second-order valence-corrected chi connectivity index (χ2v) is 7.05. The van der Waals surface area contributed by atoms with Crippen LogP contribution < -0.4 is 10.1 Å². The van der Waals surface area contributed by atoms with Gasteiger partial charge in [-0.05, 0) is 69.7 Å². The molecule has 1 saturated heterocycles. The first-order valence-electron chi connectivity index (χ1n) is 9.46. The number of carbonyl (C=O) groups excluding carboxylic acids is 2. The molecule has 0 aromatic heterocycles. The average Bonchev–Trinajstić information content (AvgIpc) is 3.45. The zero-order valence-electron chi connectivity index (χ0n) is 15.2. The molecule has 5 heteroatoms. The van der Waals surface area contributed by atoms with Crippen molar-refractivity contribution in [3.05, 3.63) is 24.3 Å². The minimum absolute atomic E-state index is 0.0301. The van der Waals surface area contributed by atoms with Crippen LogP contribution in [0.15, 0.2) is 24.3 Å². The van der Waals surface area contributed by atoms with Crippen LogP contribution in [0.4, 0.5) is 5.69 Å². The van der Waals surface area contributed by atoms with Gasteiger partial charge in [-0.2, -0.15) is 0 Å². The van der Waals surface area contributed by atoms with Crippen LogP contribution >= 0.6 is 0 Å². The zero-order chi connectivity index (χ0) is 17.9. The number of likely N-dealkylation sites (tertiary alicyclic amines) is 1. The van der Waals surface area contributed by atoms with Gasteiger partial charge in [0, 0.05) is 18.3 Å². The molecule has 1 N–H and O–H groups in total. The van der Waals surface area contributed by atoms with E-state index in [0.29, 0.717) is 25.1 Å². The predicted octanol–water partition coefficient (Wildman–Crippen LogP) is 3.60. The number of rotatable bonds is 6. The summed E-state index contributed by atoms with van der Waals surface area (Å²) in [6.45, 7) is 5.45. The van der Waals surface area contributed by atoms with Crippen molar-refractivity contribution in [3.8, 4) is 5.75 Å². The monoisotopic (exact) mass is 344 g/mol. The van der Waals surface area contributed by atoms with Gasteiger partial charge in [0.15, 0.2) is 0 Å². The zero-order valence-corrected chi connectivity index (χ0v) is 15.2. The van der Waals surface area contributed by atoms with Crippen molar-refractivity contribution in [2.45, 2.75) is 58.4 Å². The molecular weight excluding hydrogens is 316 g/mol. The van der Waals surface area contributed by atoms with Gasteiger partial charge in [-0.1, -0.05) is 6.92 Å². The fourth-order valence-corrected chi connectivity index (χ4v) is 3.68. The third kappa shape index (κ3) is 3.65. The summed E-state index contributed by atoms with van der Waals surface area (Å²) in [7, 11) is 0. The number of anilines is 1. The van der Waals surface area contributed by atoms with E-state index in [1.54, 1.807) is 0 Å². The van der Waals surface area contributed by atoms with E-state index in [9.17, 15) is 9.59 Å². The van der Waals surface area contributed by atoms with Crippen LogP contribution in [-0.4, -0.2) is 35.9 Å². The molecule has 2 fully saturated rings. The topological polar surface area (TPSA) is 58.6 Å². The maximum absolute atomic E-state index is 13.1. The summed E-state index contributed by atoms with van der Waals surface area (Å²) in [6, 6.07) is 7.59. The number of carbonyl (C=O) groups is 2. The fraction of sp³-hybridized carbons (Fsp3) is 0.600. The third-order valence-electron chi connectivity index (χ3n) is 5.38. The van der Waals surface area contributed by atoms with Gasteiger partial charge in [0.05, 0.1) is 6.61 Å². The molecule has 1 atom stereocenters. The number of nitrogens with one attached hydrogen (secondary N) is 1. The largest absolute Gasteiger partial charge is 0.494 e. The van der Waals surface area contributed by atoms with E-state index < -0.39 is 5.41 Å². The van der Waals surface area contributed by atoms with Crippen LogP contribution in [0, 0.1) is 5.41 Å². The van der Waals surface area contributed by atoms with E-state index in [2.05, 4.69) is 12.2 Å². The molecule has 0 bridgehead atoms. The highest BCUT2D eigenvalue weighted by Crippen LogP contribution is 2.49. The van der Waals surface area contributed by atoms with Gasteiger partial charge in [-0.25, -0.2) is 0 Å². The molecule has 1 heterocycles. The van der Waals surface area contributed by atoms with Crippen LogP contribution in [-0.2, 0) is 9.59 Å². The van der Waals surface area contributed by atoms with E-state index in [4.69, 9.17) is 4.74 Å². The van der Waals surface area contributed by atoms with Gasteiger partial charge in [0.2, 0.25) is 11.8 Å². The lowest BCUT2D eigenvalue weighted by atomic mass is 9.95. The number of ether oxygens (including phenoxy) is 1. The lowest BCUT2D eigenvalue weighted by molar-refractivity contribution is -0.145. The molecule has 3 rings (SSSR count). The van der Waals surface area contributed by atoms with Crippen LogP contribution in [0.25, 0.3) is 0 Å². The van der Waals surface area contributed by atoms with Crippen molar-refractivity contribution in [3.63, 3.8) is 0 Å². The first kappa shape index (κ1) is 17.8. The van der Waals surface area contributed by atoms with Crippen LogP contribution in [0.3, 0.4) is 0 Å². The Balaban J connectivity index is 1.67. The van der Waals surface area contributed by atoms with E-state index in [0.717, 1.165) is 31.6 Å². The standard InChI is InChI=1S/C20H28N2O3/c1-3-16-7-5-6-14-22(16)19(24)20(12-13-20)18(23)21-15-8-10-17(11-9-15)25-4-2/h8-11,16H,3-7,12-14H2,1-2H3,(H,21,23). The number of benzene rings is 1. The smallest absolute Gasteiger partial charge is 0.240 e. The highest BCUT2D eigenvalue weighted by molar-refractivity contribution is 6.13. The molecule has 25 heavy (non-hydrogen) atoms. The lowest BCUT2D eigenvalue weighted by Gasteiger charge is -2.37. The normalized spacial score (nSPS) is 21.5. The Bertz CT molecular complexity index is 622. The highest BCUT2D eigenvalue weighted by atomic mass is 16.5. The summed E-state index contributed by atoms with van der Waals surface area (Å²) in [4.78, 5) is 27.8. The Morgan fingerprint density at radius 3 is 2.52 bits per heavy atom. The lowest BCUT2D eigenvalue weighted by Crippen LogP contribution is -2.49. The van der Waals surface area contributed by atoms with E-state index in [1.165, 1.54) is 6.42 Å². The second-order valence-electron chi connectivity index (χ2n) is 7.05. The summed E-state index contributed by atoms with van der Waals surface area (Å²) in [5.74, 6) is 0.640. The highest BCUT2D eigenvalue weighted by Gasteiger charge is 2.58. The summed E-state index contributed by atoms with van der Waals surface area (Å²) < 4.78 is 5.41. The third-order valence-corrected chi connectivity index (χ3v) is 5.38. The van der Waals surface area contributed by atoms with Crippen molar-refractivity contribution in [1.82, 2.24) is 4.90 Å². The summed E-state index contributed by atoms with van der Waals surface area (Å²) in [5, 5.41) is 2.92. The van der Waals surface area contributed by atoms with Crippen molar-refractivity contribution in [2.75, 3.05) is 18.5 Å². The Morgan fingerprint density at radius 2 is 1.92 bits per heavy atom. The van der Waals surface area contributed by atoms with Crippen molar-refractivity contribution in [1.29, 1.82) is 0 Å². The molecular formula is C20H28N2O3. The van der Waals surface area contributed by atoms with Gasteiger partial charge in [-0.15, -0.1) is 0 Å². The number of hydrogen-bond donors (Lipinski definition) is 1. The molecule has 1 saturated carbocycles. The summed E-state index contributed by atoms with van der Waals surface area (Å²) >= 11 is 0. The van der Waals surface area contributed by atoms with Gasteiger partial charge in [0.1, 0.15) is 11.2 Å². The van der Waals surface area contributed by atoms with Gasteiger partial charge < -0.3 is 15.0 Å². The van der Waals surface area contributed by atoms with E-state index in [-0.39, 0.29) is 17.9 Å². The molecule has 5 nitrogen and oxygen atoms in total. The minimum Gasteiger partial charge on any atom is -0.494 e. The second kappa shape index (κ2) is 7.46. The van der Waals surface area contributed by atoms with Crippen LogP contribution in [0.1, 0.15) is 52.4 Å². The van der Waals surface area contributed by atoms with Gasteiger partial charge >= 0.3 is 0 Å². The Morgan fingerprint density at radius 1 is 1.20 bits per heavy atom. The number of nitrogens with zero attached hydrogens (tertiary/aromatic N) is 1. The van der Waals surface area contributed by atoms with Gasteiger partial charge in [0.25, 0.3) is 0 Å². The number of amides is 2. The molecule has 136 valence electrons. The summed E-state index contributed by atoms with van der Waals surface area (Å²) in [5.41, 5.74) is -0.137. The molecule has 1 unspecified atom stereocenters. The molecule has 1 aromatic rings. The molecule has 1 aromatic carbocycles. The minimum atomic E-state index is -0.844. The number of hydrogen-bond acceptors (Lipinski definition) is 3. The Hall–Kier alpha value is -2.04. The van der Waals surface area contributed by atoms with Crippen molar-refractivity contribution < 1.29 is 14.3 Å². The molecule has 1 aliphatic heterocycles. The SMILES string of the molecule is CCOc1ccc(NC(=O)C2(C(=O)N3CCCCC3CC)CC2)cc1. The first-order valence-corrected chi connectivity index (χ1v) is 9.46. The fourth-order valence-electron chi connectivity index (χ4n) is 3.68. The molecule has 0 radical (unpaired) electrons. The molecule has 0 spiro atoms. The molecule has 2 aliphatic rings. The first-order chi connectivity index (χ1) is 12.1. The van der Waals surface area contributed by atoms with E-state index in [1.807, 2.05) is 36.1 Å². The van der Waals surface area contributed by atoms with Crippen LogP contribution in [0.5, 0.6) is 5.75 Å². The summed E-state index contributed by atoms with van der Waals surface area (Å²) in [6.07, 6.45) is 5.54. The quantitative estimate of drug-likeness (QED) is 0.802. The predicted molar refractivity (Wildman–Crippen MR) is 97.6 cm³/mol. The van der Waals surface area contributed by atoms with E-state index >= 15 is 0 Å². The van der Waals surface area contributed by atoms with Gasteiger partial charge in [-0.3, -0.25) is 9.59 Å². The Labute approximate surface area is 149 Å². The number of piperidine rings is 1. The maximum atomic E-state index is 13.1. The van der Waals surface area contributed by atoms with Crippen molar-refractivity contribution >= 4 is 17.5 Å². The Kier molecular flexibility index (Phi) is 5.30. The van der Waals surface area contributed by atoms with Crippen LogP contribution in [0.2, 0.25) is 0 Å². The average molecular weight is 344 g/mol. The molecule has 1 aliphatic carbocycles. The maximum Gasteiger partial charge on any atom is 0.240 e. The molecule has 2 amide bonds. The van der Waals surface area contributed by atoms with Crippen molar-refractivity contribution in [2.24, 2.45) is 5.41 Å².